The number of rotatable bonds is 4. The number of methoxy groups -OCH3 is 1. The van der Waals surface area contributed by atoms with E-state index in [0.717, 1.165) is 25.4 Å². The molecule has 2 aliphatic rings. The predicted octanol–water partition coefficient (Wildman–Crippen LogP) is 1.85. The van der Waals surface area contributed by atoms with Gasteiger partial charge in [0, 0.05) is 24.9 Å². The van der Waals surface area contributed by atoms with Crippen LogP contribution in [-0.4, -0.2) is 35.8 Å². The summed E-state index contributed by atoms with van der Waals surface area (Å²) in [5.74, 6) is 2.04. The molecule has 1 aromatic rings. The zero-order valence-corrected chi connectivity index (χ0v) is 10.6. The van der Waals surface area contributed by atoms with Crippen molar-refractivity contribution in [2.75, 3.05) is 19.0 Å². The molecule has 0 aromatic carbocycles. The summed E-state index contributed by atoms with van der Waals surface area (Å²) >= 11 is 0. The maximum absolute atomic E-state index is 5.81. The molecule has 0 radical (unpaired) electrons. The Hall–Kier alpha value is -1.36. The third-order valence-corrected chi connectivity index (χ3v) is 3.64. The number of nitrogens with one attached hydrogen (secondary N) is 1. The van der Waals surface area contributed by atoms with Gasteiger partial charge in [0.1, 0.15) is 0 Å². The highest BCUT2D eigenvalue weighted by molar-refractivity contribution is 5.29. The van der Waals surface area contributed by atoms with E-state index in [2.05, 4.69) is 15.3 Å². The standard InChI is InChI=1S/C13H19N3O2/c1-17-12-4-6-14-13(16-12)15-10-5-7-18-11(8-10)9-2-3-9/h4,6,9-11H,2-3,5,7-8H2,1H3,(H,14,15,16). The molecule has 5 nitrogen and oxygen atoms in total. The van der Waals surface area contributed by atoms with E-state index >= 15 is 0 Å². The monoisotopic (exact) mass is 249 g/mol. The second-order valence-corrected chi connectivity index (χ2v) is 5.03. The molecule has 2 heterocycles. The lowest BCUT2D eigenvalue weighted by Gasteiger charge is -2.30. The van der Waals surface area contributed by atoms with Crippen molar-refractivity contribution >= 4 is 5.95 Å². The molecule has 2 atom stereocenters. The molecular formula is C13H19N3O2. The average Bonchev–Trinajstić information content (AvgIpc) is 3.24. The van der Waals surface area contributed by atoms with Gasteiger partial charge in [-0.3, -0.25) is 0 Å². The second kappa shape index (κ2) is 5.10. The van der Waals surface area contributed by atoms with Crippen molar-refractivity contribution in [3.63, 3.8) is 0 Å². The first-order valence-electron chi connectivity index (χ1n) is 6.60. The van der Waals surface area contributed by atoms with Crippen molar-refractivity contribution in [3.8, 4) is 5.88 Å². The van der Waals surface area contributed by atoms with Gasteiger partial charge in [-0.1, -0.05) is 0 Å². The summed E-state index contributed by atoms with van der Waals surface area (Å²) in [4.78, 5) is 8.51. The van der Waals surface area contributed by atoms with E-state index in [9.17, 15) is 0 Å². The van der Waals surface area contributed by atoms with E-state index in [-0.39, 0.29) is 0 Å². The van der Waals surface area contributed by atoms with Crippen molar-refractivity contribution in [3.05, 3.63) is 12.3 Å². The summed E-state index contributed by atoms with van der Waals surface area (Å²) < 4.78 is 10.9. The van der Waals surface area contributed by atoms with Crippen LogP contribution in [0.4, 0.5) is 5.95 Å². The highest BCUT2D eigenvalue weighted by Crippen LogP contribution is 2.38. The Balaban J connectivity index is 1.60. The molecule has 18 heavy (non-hydrogen) atoms. The van der Waals surface area contributed by atoms with Crippen LogP contribution >= 0.6 is 0 Å². The Kier molecular flexibility index (Phi) is 3.32. The molecular weight excluding hydrogens is 230 g/mol. The summed E-state index contributed by atoms with van der Waals surface area (Å²) in [5.41, 5.74) is 0. The molecule has 1 saturated carbocycles. The fourth-order valence-electron chi connectivity index (χ4n) is 2.46. The lowest BCUT2D eigenvalue weighted by molar-refractivity contribution is -0.00228. The molecule has 5 heteroatoms. The SMILES string of the molecule is COc1ccnc(NC2CCOC(C3CC3)C2)n1. The largest absolute Gasteiger partial charge is 0.481 e. The molecule has 0 amide bonds. The van der Waals surface area contributed by atoms with Crippen LogP contribution in [0, 0.1) is 5.92 Å². The quantitative estimate of drug-likeness (QED) is 0.882. The van der Waals surface area contributed by atoms with Crippen molar-refractivity contribution in [2.45, 2.75) is 37.8 Å². The minimum absolute atomic E-state index is 0.413. The number of hydrogen-bond acceptors (Lipinski definition) is 5. The minimum Gasteiger partial charge on any atom is -0.481 e. The van der Waals surface area contributed by atoms with Gasteiger partial charge in [-0.05, 0) is 31.6 Å². The molecule has 0 bridgehead atoms. The van der Waals surface area contributed by atoms with Crippen LogP contribution in [-0.2, 0) is 4.74 Å². The Morgan fingerprint density at radius 1 is 1.39 bits per heavy atom. The van der Waals surface area contributed by atoms with Gasteiger partial charge in [-0.25, -0.2) is 4.98 Å². The minimum atomic E-state index is 0.413. The third kappa shape index (κ3) is 2.72. The topological polar surface area (TPSA) is 56.3 Å². The Morgan fingerprint density at radius 2 is 2.28 bits per heavy atom. The van der Waals surface area contributed by atoms with Gasteiger partial charge in [0.05, 0.1) is 13.2 Å². The number of anilines is 1. The number of aromatic nitrogens is 2. The van der Waals surface area contributed by atoms with E-state index in [1.54, 1.807) is 19.4 Å². The average molecular weight is 249 g/mol. The summed E-state index contributed by atoms with van der Waals surface area (Å²) in [5, 5.41) is 3.39. The number of nitrogens with zero attached hydrogens (tertiary/aromatic N) is 2. The van der Waals surface area contributed by atoms with Gasteiger partial charge in [0.25, 0.3) is 0 Å². The van der Waals surface area contributed by atoms with Crippen LogP contribution in [0.5, 0.6) is 5.88 Å². The highest BCUT2D eigenvalue weighted by atomic mass is 16.5. The molecule has 1 saturated heterocycles. The molecule has 3 rings (SSSR count). The van der Waals surface area contributed by atoms with Crippen LogP contribution < -0.4 is 10.1 Å². The van der Waals surface area contributed by atoms with Gasteiger partial charge < -0.3 is 14.8 Å². The van der Waals surface area contributed by atoms with Crippen LogP contribution in [0.15, 0.2) is 12.3 Å². The predicted molar refractivity (Wildman–Crippen MR) is 67.7 cm³/mol. The summed E-state index contributed by atoms with van der Waals surface area (Å²) in [6.07, 6.45) is 6.88. The van der Waals surface area contributed by atoms with E-state index in [1.807, 2.05) is 0 Å². The molecule has 2 fully saturated rings. The first-order chi connectivity index (χ1) is 8.85. The molecule has 1 aliphatic carbocycles. The Morgan fingerprint density at radius 3 is 3.06 bits per heavy atom. The normalized spacial score (nSPS) is 27.8. The zero-order valence-electron chi connectivity index (χ0n) is 10.6. The molecule has 2 unspecified atom stereocenters. The van der Waals surface area contributed by atoms with Crippen molar-refractivity contribution < 1.29 is 9.47 Å². The van der Waals surface area contributed by atoms with E-state index in [4.69, 9.17) is 9.47 Å². The summed E-state index contributed by atoms with van der Waals surface area (Å²) in [6.45, 7) is 0.836. The van der Waals surface area contributed by atoms with Crippen LogP contribution in [0.1, 0.15) is 25.7 Å². The lowest BCUT2D eigenvalue weighted by Crippen LogP contribution is -2.35. The smallest absolute Gasteiger partial charge is 0.226 e. The first-order valence-corrected chi connectivity index (χ1v) is 6.60. The molecule has 1 aromatic heterocycles. The van der Waals surface area contributed by atoms with E-state index in [0.29, 0.717) is 24.0 Å². The van der Waals surface area contributed by atoms with Crippen molar-refractivity contribution in [1.29, 1.82) is 0 Å². The Labute approximate surface area is 107 Å². The maximum Gasteiger partial charge on any atom is 0.226 e. The van der Waals surface area contributed by atoms with Gasteiger partial charge in [0.15, 0.2) is 0 Å². The van der Waals surface area contributed by atoms with Crippen LogP contribution in [0.2, 0.25) is 0 Å². The van der Waals surface area contributed by atoms with Crippen molar-refractivity contribution in [1.82, 2.24) is 9.97 Å². The maximum atomic E-state index is 5.81. The Bertz CT molecular complexity index is 409. The fourth-order valence-corrected chi connectivity index (χ4v) is 2.46. The fraction of sp³-hybridized carbons (Fsp3) is 0.692. The number of ether oxygens (including phenoxy) is 2. The lowest BCUT2D eigenvalue weighted by atomic mass is 10.0. The van der Waals surface area contributed by atoms with Gasteiger partial charge in [0.2, 0.25) is 11.8 Å². The van der Waals surface area contributed by atoms with Crippen molar-refractivity contribution in [2.24, 2.45) is 5.92 Å². The zero-order chi connectivity index (χ0) is 12.4. The summed E-state index contributed by atoms with van der Waals surface area (Å²) in [6, 6.07) is 2.17. The van der Waals surface area contributed by atoms with Gasteiger partial charge >= 0.3 is 0 Å². The van der Waals surface area contributed by atoms with Gasteiger partial charge in [-0.2, -0.15) is 4.98 Å². The summed E-state index contributed by atoms with van der Waals surface area (Å²) in [7, 11) is 1.61. The first kappa shape index (κ1) is 11.7. The third-order valence-electron chi connectivity index (χ3n) is 3.64. The van der Waals surface area contributed by atoms with Crippen LogP contribution in [0.3, 0.4) is 0 Å². The molecule has 98 valence electrons. The van der Waals surface area contributed by atoms with Crippen LogP contribution in [0.25, 0.3) is 0 Å². The van der Waals surface area contributed by atoms with Gasteiger partial charge in [-0.15, -0.1) is 0 Å². The second-order valence-electron chi connectivity index (χ2n) is 5.03. The van der Waals surface area contributed by atoms with E-state index in [1.165, 1.54) is 12.8 Å². The molecule has 1 N–H and O–H groups in total. The van der Waals surface area contributed by atoms with E-state index < -0.39 is 0 Å². The highest BCUT2D eigenvalue weighted by Gasteiger charge is 2.35. The molecule has 1 aliphatic heterocycles. The molecule has 0 spiro atoms. The number of hydrogen-bond donors (Lipinski definition) is 1.